The van der Waals surface area contributed by atoms with Gasteiger partial charge >= 0.3 is 11.9 Å². The number of fused-ring (bicyclic) bond motifs is 1. The Morgan fingerprint density at radius 2 is 1.23 bits per heavy atom. The summed E-state index contributed by atoms with van der Waals surface area (Å²) in [7, 11) is 2.88. The van der Waals surface area contributed by atoms with E-state index in [1.54, 1.807) is 48.5 Å². The topological polar surface area (TPSA) is 167 Å². The standard InChI is InChI=1S/C30H27N3O10/c1-17(29(38)42-15-25(34)31-21-8-4-6-10-23(21)40-2)33-27(36)19-13-12-18(14-20(19)28(33)37)30(39)43-16-26(35)32-22-9-5-7-11-24(22)41-3/h4-14,17H,15-16H2,1-3H3,(H,31,34)(H,32,35)/t17-/m0/s1. The van der Waals surface area contributed by atoms with Crippen molar-refractivity contribution in [3.8, 4) is 11.5 Å². The van der Waals surface area contributed by atoms with E-state index in [4.69, 9.17) is 18.9 Å². The minimum absolute atomic E-state index is 0.0379. The molecule has 0 spiro atoms. The normalized spacial score (nSPS) is 12.6. The number of nitrogens with one attached hydrogen (secondary N) is 2. The first-order chi connectivity index (χ1) is 20.6. The number of carbonyl (C=O) groups is 6. The average molecular weight is 590 g/mol. The van der Waals surface area contributed by atoms with Crippen molar-refractivity contribution < 1.29 is 47.7 Å². The van der Waals surface area contributed by atoms with Crippen molar-refractivity contribution in [1.82, 2.24) is 4.90 Å². The quantitative estimate of drug-likeness (QED) is 0.251. The molecule has 1 heterocycles. The molecule has 0 radical (unpaired) electrons. The number of nitrogens with zero attached hydrogens (tertiary/aromatic N) is 1. The van der Waals surface area contributed by atoms with Gasteiger partial charge in [0.1, 0.15) is 17.5 Å². The maximum Gasteiger partial charge on any atom is 0.338 e. The Kier molecular flexibility index (Phi) is 9.35. The van der Waals surface area contributed by atoms with Crippen LogP contribution >= 0.6 is 0 Å². The van der Waals surface area contributed by atoms with Gasteiger partial charge in [-0.1, -0.05) is 24.3 Å². The molecule has 0 unspecified atom stereocenters. The molecule has 0 aliphatic carbocycles. The highest BCUT2D eigenvalue weighted by Gasteiger charge is 2.42. The second kappa shape index (κ2) is 13.3. The third-order valence-corrected chi connectivity index (χ3v) is 6.32. The second-order valence-corrected chi connectivity index (χ2v) is 9.10. The summed E-state index contributed by atoms with van der Waals surface area (Å²) < 4.78 is 20.4. The monoisotopic (exact) mass is 589 g/mol. The molecule has 3 aromatic rings. The first-order valence-corrected chi connectivity index (χ1v) is 12.9. The third-order valence-electron chi connectivity index (χ3n) is 6.32. The van der Waals surface area contributed by atoms with Gasteiger partial charge in [-0.15, -0.1) is 0 Å². The number of carbonyl (C=O) groups excluding carboxylic acids is 6. The highest BCUT2D eigenvalue weighted by molar-refractivity contribution is 6.23. The number of imide groups is 1. The fraction of sp³-hybridized carbons (Fsp3) is 0.200. The summed E-state index contributed by atoms with van der Waals surface area (Å²) >= 11 is 0. The number of hydrogen-bond acceptors (Lipinski definition) is 10. The van der Waals surface area contributed by atoms with Crippen LogP contribution in [0, 0.1) is 0 Å². The van der Waals surface area contributed by atoms with Gasteiger partial charge in [-0.05, 0) is 49.4 Å². The number of methoxy groups -OCH3 is 2. The summed E-state index contributed by atoms with van der Waals surface area (Å²) in [5.41, 5.74) is 0.494. The Hall–Kier alpha value is -5.72. The zero-order valence-corrected chi connectivity index (χ0v) is 23.4. The molecule has 1 atom stereocenters. The van der Waals surface area contributed by atoms with E-state index >= 15 is 0 Å². The Morgan fingerprint density at radius 3 is 1.79 bits per heavy atom. The van der Waals surface area contributed by atoms with E-state index in [0.717, 1.165) is 6.07 Å². The molecule has 13 heteroatoms. The van der Waals surface area contributed by atoms with E-state index in [9.17, 15) is 28.8 Å². The largest absolute Gasteiger partial charge is 0.495 e. The van der Waals surface area contributed by atoms with Gasteiger partial charge in [0.05, 0.1) is 42.3 Å². The number of esters is 2. The number of rotatable bonds is 11. The fourth-order valence-electron chi connectivity index (χ4n) is 4.18. The molecule has 1 aliphatic heterocycles. The Morgan fingerprint density at radius 1 is 0.721 bits per heavy atom. The highest BCUT2D eigenvalue weighted by atomic mass is 16.5. The number of para-hydroxylation sites is 4. The number of anilines is 2. The lowest BCUT2D eigenvalue weighted by Gasteiger charge is -2.20. The predicted octanol–water partition coefficient (Wildman–Crippen LogP) is 2.67. The molecule has 1 aliphatic rings. The van der Waals surface area contributed by atoms with Gasteiger partial charge in [-0.3, -0.25) is 24.1 Å². The van der Waals surface area contributed by atoms with Crippen LogP contribution in [0.15, 0.2) is 66.7 Å². The molecule has 43 heavy (non-hydrogen) atoms. The van der Waals surface area contributed by atoms with Gasteiger partial charge < -0.3 is 29.6 Å². The number of ether oxygens (including phenoxy) is 4. The number of hydrogen-bond donors (Lipinski definition) is 2. The van der Waals surface area contributed by atoms with E-state index in [-0.39, 0.29) is 16.7 Å². The second-order valence-electron chi connectivity index (χ2n) is 9.10. The summed E-state index contributed by atoms with van der Waals surface area (Å²) in [5, 5.41) is 5.11. The molecule has 0 fully saturated rings. The van der Waals surface area contributed by atoms with Crippen molar-refractivity contribution in [3.05, 3.63) is 83.4 Å². The minimum Gasteiger partial charge on any atom is -0.495 e. The summed E-state index contributed by atoms with van der Waals surface area (Å²) in [5.74, 6) is -3.99. The zero-order valence-electron chi connectivity index (χ0n) is 23.4. The van der Waals surface area contributed by atoms with E-state index in [1.807, 2.05) is 0 Å². The smallest absolute Gasteiger partial charge is 0.338 e. The lowest BCUT2D eigenvalue weighted by Crippen LogP contribution is -2.44. The van der Waals surface area contributed by atoms with Crippen molar-refractivity contribution in [2.24, 2.45) is 0 Å². The summed E-state index contributed by atoms with van der Waals surface area (Å²) in [4.78, 5) is 76.5. The van der Waals surface area contributed by atoms with Crippen LogP contribution in [-0.2, 0) is 23.9 Å². The van der Waals surface area contributed by atoms with Crippen LogP contribution in [-0.4, -0.2) is 73.9 Å². The molecule has 4 amide bonds. The van der Waals surface area contributed by atoms with Crippen LogP contribution < -0.4 is 20.1 Å². The number of benzene rings is 3. The zero-order chi connectivity index (χ0) is 31.1. The molecule has 4 rings (SSSR count). The average Bonchev–Trinajstić information content (AvgIpc) is 3.27. The maximum atomic E-state index is 13.1. The summed E-state index contributed by atoms with van der Waals surface area (Å²) in [6, 6.07) is 15.6. The molecular formula is C30H27N3O10. The van der Waals surface area contributed by atoms with Crippen molar-refractivity contribution in [3.63, 3.8) is 0 Å². The fourth-order valence-corrected chi connectivity index (χ4v) is 4.18. The summed E-state index contributed by atoms with van der Waals surface area (Å²) in [6.45, 7) is -0.0247. The minimum atomic E-state index is -1.37. The van der Waals surface area contributed by atoms with E-state index in [2.05, 4.69) is 10.6 Å². The molecule has 0 saturated heterocycles. The molecule has 3 aromatic carbocycles. The first-order valence-electron chi connectivity index (χ1n) is 12.9. The molecule has 2 N–H and O–H groups in total. The molecule has 0 saturated carbocycles. The molecule has 0 bridgehead atoms. The van der Waals surface area contributed by atoms with Crippen LogP contribution in [0.25, 0.3) is 0 Å². The van der Waals surface area contributed by atoms with Crippen LogP contribution in [0.1, 0.15) is 38.0 Å². The lowest BCUT2D eigenvalue weighted by molar-refractivity contribution is -0.150. The Bertz CT molecular complexity index is 1600. The molecular weight excluding hydrogens is 562 g/mol. The SMILES string of the molecule is COc1ccccc1NC(=O)COC(=O)c1ccc2c(c1)C(=O)N([C@@H](C)C(=O)OCC(=O)Nc1ccccc1OC)C2=O. The molecule has 13 nitrogen and oxygen atoms in total. The maximum absolute atomic E-state index is 13.1. The van der Waals surface area contributed by atoms with Crippen LogP contribution in [0.5, 0.6) is 11.5 Å². The van der Waals surface area contributed by atoms with Crippen LogP contribution in [0.2, 0.25) is 0 Å². The lowest BCUT2D eigenvalue weighted by atomic mass is 10.1. The van der Waals surface area contributed by atoms with Gasteiger partial charge in [-0.25, -0.2) is 9.59 Å². The van der Waals surface area contributed by atoms with Crippen molar-refractivity contribution in [1.29, 1.82) is 0 Å². The molecule has 0 aromatic heterocycles. The van der Waals surface area contributed by atoms with Crippen molar-refractivity contribution in [2.75, 3.05) is 38.1 Å². The van der Waals surface area contributed by atoms with Crippen LogP contribution in [0.4, 0.5) is 11.4 Å². The summed E-state index contributed by atoms with van der Waals surface area (Å²) in [6.07, 6.45) is 0. The number of amides is 4. The van der Waals surface area contributed by atoms with Gasteiger partial charge in [0.25, 0.3) is 23.6 Å². The Labute approximate surface area is 245 Å². The van der Waals surface area contributed by atoms with Gasteiger partial charge in [0.2, 0.25) is 0 Å². The van der Waals surface area contributed by atoms with Gasteiger partial charge in [0, 0.05) is 0 Å². The van der Waals surface area contributed by atoms with E-state index in [0.29, 0.717) is 27.8 Å². The Balaban J connectivity index is 1.34. The van der Waals surface area contributed by atoms with Crippen molar-refractivity contribution in [2.45, 2.75) is 13.0 Å². The van der Waals surface area contributed by atoms with Gasteiger partial charge in [-0.2, -0.15) is 0 Å². The van der Waals surface area contributed by atoms with E-state index < -0.39 is 54.8 Å². The van der Waals surface area contributed by atoms with Crippen LogP contribution in [0.3, 0.4) is 0 Å². The van der Waals surface area contributed by atoms with Crippen molar-refractivity contribution >= 4 is 46.9 Å². The first kappa shape index (κ1) is 30.2. The highest BCUT2D eigenvalue weighted by Crippen LogP contribution is 2.27. The molecule has 222 valence electrons. The predicted molar refractivity (Wildman–Crippen MR) is 151 cm³/mol. The van der Waals surface area contributed by atoms with E-state index in [1.165, 1.54) is 33.3 Å². The van der Waals surface area contributed by atoms with Gasteiger partial charge in [0.15, 0.2) is 13.2 Å². The third kappa shape index (κ3) is 6.78.